The summed E-state index contributed by atoms with van der Waals surface area (Å²) in [7, 11) is 0. The fourth-order valence-corrected chi connectivity index (χ4v) is 2.33. The van der Waals surface area contributed by atoms with E-state index in [9.17, 15) is 4.79 Å². The van der Waals surface area contributed by atoms with Gasteiger partial charge in [-0.05, 0) is 19.8 Å². The molecule has 0 unspecified atom stereocenters. The summed E-state index contributed by atoms with van der Waals surface area (Å²) in [4.78, 5) is 22.7. The van der Waals surface area contributed by atoms with Gasteiger partial charge >= 0.3 is 0 Å². The average molecular weight is 243 g/mol. The van der Waals surface area contributed by atoms with Crippen molar-refractivity contribution >= 4 is 17.0 Å². The highest BCUT2D eigenvalue weighted by atomic mass is 16.1. The molecule has 0 saturated carbocycles. The molecule has 3 rings (SSSR count). The average Bonchev–Trinajstić information content (AvgIpc) is 2.93. The van der Waals surface area contributed by atoms with Gasteiger partial charge in [0.15, 0.2) is 0 Å². The maximum absolute atomic E-state index is 11.7. The van der Waals surface area contributed by atoms with Crippen LogP contribution in [0.3, 0.4) is 0 Å². The van der Waals surface area contributed by atoms with E-state index in [4.69, 9.17) is 0 Å². The SMILES string of the molecule is CCn1c[c]c(=O)c2cnc(N3CCCC3)nc21. The lowest BCUT2D eigenvalue weighted by Gasteiger charge is -2.16. The number of hydrogen-bond donors (Lipinski definition) is 0. The summed E-state index contributed by atoms with van der Waals surface area (Å²) >= 11 is 0. The van der Waals surface area contributed by atoms with Gasteiger partial charge in [0.1, 0.15) is 5.65 Å². The molecule has 3 heterocycles. The summed E-state index contributed by atoms with van der Waals surface area (Å²) in [5.41, 5.74) is 0.570. The van der Waals surface area contributed by atoms with Crippen LogP contribution in [0, 0.1) is 6.07 Å². The van der Waals surface area contributed by atoms with Crippen molar-refractivity contribution < 1.29 is 0 Å². The van der Waals surface area contributed by atoms with E-state index in [0.717, 1.165) is 25.6 Å². The van der Waals surface area contributed by atoms with Gasteiger partial charge in [-0.3, -0.25) is 4.79 Å². The topological polar surface area (TPSA) is 51.0 Å². The van der Waals surface area contributed by atoms with Crippen LogP contribution in [-0.4, -0.2) is 27.6 Å². The molecule has 0 N–H and O–H groups in total. The van der Waals surface area contributed by atoms with Gasteiger partial charge < -0.3 is 9.47 Å². The van der Waals surface area contributed by atoms with Crippen LogP contribution in [0.25, 0.3) is 11.0 Å². The molecule has 0 aromatic carbocycles. The summed E-state index contributed by atoms with van der Waals surface area (Å²) < 4.78 is 1.93. The molecule has 0 bridgehead atoms. The first-order chi connectivity index (χ1) is 8.79. The van der Waals surface area contributed by atoms with Gasteiger partial charge in [-0.15, -0.1) is 0 Å². The molecular formula is C13H15N4O. The molecule has 93 valence electrons. The molecule has 5 nitrogen and oxygen atoms in total. The Labute approximate surface area is 105 Å². The predicted octanol–water partition coefficient (Wildman–Crippen LogP) is 1.21. The summed E-state index contributed by atoms with van der Waals surface area (Å²) in [6, 6.07) is 2.70. The lowest BCUT2D eigenvalue weighted by molar-refractivity contribution is 0.770. The number of pyridine rings is 1. The Morgan fingerprint density at radius 3 is 2.89 bits per heavy atom. The van der Waals surface area contributed by atoms with Gasteiger partial charge in [0, 0.05) is 32.0 Å². The van der Waals surface area contributed by atoms with E-state index in [1.165, 1.54) is 12.8 Å². The van der Waals surface area contributed by atoms with Crippen molar-refractivity contribution in [3.05, 3.63) is 28.7 Å². The second kappa shape index (κ2) is 4.40. The monoisotopic (exact) mass is 243 g/mol. The summed E-state index contributed by atoms with van der Waals surface area (Å²) in [6.45, 7) is 4.79. The summed E-state index contributed by atoms with van der Waals surface area (Å²) in [5.74, 6) is 0.729. The minimum absolute atomic E-state index is 0.136. The Morgan fingerprint density at radius 2 is 2.17 bits per heavy atom. The maximum atomic E-state index is 11.7. The molecule has 1 aliphatic rings. The van der Waals surface area contributed by atoms with Gasteiger partial charge in [-0.2, -0.15) is 4.98 Å². The molecule has 18 heavy (non-hydrogen) atoms. The number of nitrogens with zero attached hydrogens (tertiary/aromatic N) is 4. The number of aromatic nitrogens is 3. The van der Waals surface area contributed by atoms with Crippen molar-refractivity contribution in [3.63, 3.8) is 0 Å². The van der Waals surface area contributed by atoms with Gasteiger partial charge in [-0.25, -0.2) is 4.98 Å². The summed E-state index contributed by atoms with van der Waals surface area (Å²) in [6.07, 6.45) is 5.67. The molecule has 1 aliphatic heterocycles. The molecule has 0 atom stereocenters. The van der Waals surface area contributed by atoms with Crippen molar-refractivity contribution in [2.45, 2.75) is 26.3 Å². The largest absolute Gasteiger partial charge is 0.341 e. The van der Waals surface area contributed by atoms with Gasteiger partial charge in [0.2, 0.25) is 11.4 Å². The van der Waals surface area contributed by atoms with Crippen LogP contribution in [-0.2, 0) is 6.54 Å². The van der Waals surface area contributed by atoms with Crippen LogP contribution < -0.4 is 10.3 Å². The molecule has 0 aliphatic carbocycles. The zero-order chi connectivity index (χ0) is 12.5. The Morgan fingerprint density at radius 1 is 1.39 bits per heavy atom. The Bertz CT molecular complexity index is 628. The normalized spacial score (nSPS) is 15.5. The molecule has 1 saturated heterocycles. The highest BCUT2D eigenvalue weighted by Gasteiger charge is 2.16. The molecule has 0 amide bonds. The second-order valence-electron chi connectivity index (χ2n) is 4.49. The van der Waals surface area contributed by atoms with E-state index in [1.54, 1.807) is 12.4 Å². The Kier molecular flexibility index (Phi) is 2.74. The highest BCUT2D eigenvalue weighted by Crippen LogP contribution is 2.17. The highest BCUT2D eigenvalue weighted by molar-refractivity contribution is 5.74. The minimum Gasteiger partial charge on any atom is -0.341 e. The molecular weight excluding hydrogens is 228 g/mol. The van der Waals surface area contributed by atoms with E-state index in [-0.39, 0.29) is 5.43 Å². The van der Waals surface area contributed by atoms with Crippen LogP contribution in [0.4, 0.5) is 5.95 Å². The third-order valence-electron chi connectivity index (χ3n) is 3.35. The van der Waals surface area contributed by atoms with Gasteiger partial charge in [0.05, 0.1) is 11.5 Å². The van der Waals surface area contributed by atoms with Gasteiger partial charge in [0.25, 0.3) is 0 Å². The van der Waals surface area contributed by atoms with E-state index in [0.29, 0.717) is 11.0 Å². The number of hydrogen-bond acceptors (Lipinski definition) is 4. The molecule has 5 heteroatoms. The van der Waals surface area contributed by atoms with Crippen molar-refractivity contribution in [3.8, 4) is 0 Å². The van der Waals surface area contributed by atoms with E-state index in [1.807, 2.05) is 11.5 Å². The third kappa shape index (κ3) is 1.75. The minimum atomic E-state index is -0.136. The van der Waals surface area contributed by atoms with Crippen molar-refractivity contribution in [2.24, 2.45) is 0 Å². The van der Waals surface area contributed by atoms with Crippen molar-refractivity contribution in [1.29, 1.82) is 0 Å². The summed E-state index contributed by atoms with van der Waals surface area (Å²) in [5, 5.41) is 0.544. The van der Waals surface area contributed by atoms with Crippen LogP contribution in [0.2, 0.25) is 0 Å². The smallest absolute Gasteiger partial charge is 0.227 e. The van der Waals surface area contributed by atoms with Gasteiger partial charge in [-0.1, -0.05) is 0 Å². The van der Waals surface area contributed by atoms with Crippen LogP contribution in [0.1, 0.15) is 19.8 Å². The molecule has 2 aromatic rings. The fraction of sp³-hybridized carbons (Fsp3) is 0.462. The molecule has 0 spiro atoms. The zero-order valence-electron chi connectivity index (χ0n) is 10.4. The van der Waals surface area contributed by atoms with Crippen molar-refractivity contribution in [1.82, 2.24) is 14.5 Å². The first kappa shape index (κ1) is 11.2. The van der Waals surface area contributed by atoms with E-state index in [2.05, 4.69) is 20.9 Å². The number of fused-ring (bicyclic) bond motifs is 1. The maximum Gasteiger partial charge on any atom is 0.227 e. The second-order valence-corrected chi connectivity index (χ2v) is 4.49. The van der Waals surface area contributed by atoms with Crippen LogP contribution in [0.5, 0.6) is 0 Å². The molecule has 1 radical (unpaired) electrons. The Balaban J connectivity index is 2.18. The zero-order valence-corrected chi connectivity index (χ0v) is 10.4. The lowest BCUT2D eigenvalue weighted by atomic mass is 10.3. The van der Waals surface area contributed by atoms with Crippen LogP contribution >= 0.6 is 0 Å². The molecule has 1 fully saturated rings. The predicted molar refractivity (Wildman–Crippen MR) is 69.8 cm³/mol. The van der Waals surface area contributed by atoms with Crippen LogP contribution in [0.15, 0.2) is 17.2 Å². The van der Waals surface area contributed by atoms with Crippen molar-refractivity contribution in [2.75, 3.05) is 18.0 Å². The number of rotatable bonds is 2. The molecule has 2 aromatic heterocycles. The van der Waals surface area contributed by atoms with E-state index >= 15 is 0 Å². The quantitative estimate of drug-likeness (QED) is 0.795. The Hall–Kier alpha value is -1.91. The number of aryl methyl sites for hydroxylation is 1. The third-order valence-corrected chi connectivity index (χ3v) is 3.35. The fourth-order valence-electron chi connectivity index (χ4n) is 2.33. The van der Waals surface area contributed by atoms with E-state index < -0.39 is 0 Å². The number of anilines is 1. The standard InChI is InChI=1S/C13H15N4O/c1-2-16-8-5-11(18)10-9-14-13(15-12(10)16)17-6-3-4-7-17/h8-9H,2-4,6-7H2,1H3. The lowest BCUT2D eigenvalue weighted by Crippen LogP contribution is -2.21. The first-order valence-corrected chi connectivity index (χ1v) is 6.32. The first-order valence-electron chi connectivity index (χ1n) is 6.32.